The first-order valence-corrected chi connectivity index (χ1v) is 9.42. The minimum Gasteiger partial charge on any atom is -0.349 e. The van der Waals surface area contributed by atoms with Crippen LogP contribution in [0.3, 0.4) is 0 Å². The number of aryl methyl sites for hydroxylation is 2. The number of anilines is 1. The van der Waals surface area contributed by atoms with Crippen molar-refractivity contribution in [2.45, 2.75) is 33.2 Å². The molecule has 0 unspecified atom stereocenters. The van der Waals surface area contributed by atoms with Crippen molar-refractivity contribution in [3.63, 3.8) is 0 Å². The van der Waals surface area contributed by atoms with Gasteiger partial charge in [-0.3, -0.25) is 9.78 Å². The number of rotatable bonds is 5. The summed E-state index contributed by atoms with van der Waals surface area (Å²) in [4.78, 5) is 30.5. The van der Waals surface area contributed by atoms with Crippen molar-refractivity contribution in [1.82, 2.24) is 25.2 Å². The van der Waals surface area contributed by atoms with Crippen molar-refractivity contribution in [2.75, 3.05) is 38.1 Å². The van der Waals surface area contributed by atoms with Gasteiger partial charge < -0.3 is 15.1 Å². The number of aromatic nitrogens is 3. The Hall–Kier alpha value is -2.54. The lowest BCUT2D eigenvalue weighted by Crippen LogP contribution is -2.45. The van der Waals surface area contributed by atoms with E-state index >= 15 is 0 Å². The van der Waals surface area contributed by atoms with Gasteiger partial charge >= 0.3 is 0 Å². The van der Waals surface area contributed by atoms with E-state index in [1.165, 1.54) is 0 Å². The second kappa shape index (κ2) is 8.43. The largest absolute Gasteiger partial charge is 0.349 e. The van der Waals surface area contributed by atoms with Crippen LogP contribution >= 0.6 is 0 Å². The zero-order chi connectivity index (χ0) is 19.4. The lowest BCUT2D eigenvalue weighted by atomic mass is 10.1. The SMILES string of the molecule is Cc1cccnc1C[C@@H](C)NC(=O)c1cnc(N2CCN(C)CC2)nc1C. The van der Waals surface area contributed by atoms with E-state index in [1.807, 2.05) is 32.9 Å². The zero-order valence-corrected chi connectivity index (χ0v) is 16.6. The van der Waals surface area contributed by atoms with Crippen LogP contribution in [0.5, 0.6) is 0 Å². The van der Waals surface area contributed by atoms with Gasteiger partial charge in [0.25, 0.3) is 5.91 Å². The Labute approximate surface area is 160 Å². The quantitative estimate of drug-likeness (QED) is 0.864. The van der Waals surface area contributed by atoms with Gasteiger partial charge in [-0.2, -0.15) is 0 Å². The van der Waals surface area contributed by atoms with Crippen molar-refractivity contribution < 1.29 is 4.79 Å². The number of amides is 1. The molecule has 0 bridgehead atoms. The highest BCUT2D eigenvalue weighted by molar-refractivity contribution is 5.95. The fourth-order valence-corrected chi connectivity index (χ4v) is 3.21. The summed E-state index contributed by atoms with van der Waals surface area (Å²) in [5.74, 6) is 0.563. The molecule has 0 aromatic carbocycles. The topological polar surface area (TPSA) is 74.2 Å². The van der Waals surface area contributed by atoms with Gasteiger partial charge in [-0.05, 0) is 39.4 Å². The van der Waals surface area contributed by atoms with Crippen molar-refractivity contribution in [1.29, 1.82) is 0 Å². The van der Waals surface area contributed by atoms with Gasteiger partial charge in [-0.1, -0.05) is 6.07 Å². The number of carbonyl (C=O) groups is 1. The minimum absolute atomic E-state index is 0.0252. The molecule has 1 atom stereocenters. The molecule has 1 aliphatic rings. The van der Waals surface area contributed by atoms with Crippen LogP contribution in [-0.4, -0.2) is 65.0 Å². The van der Waals surface area contributed by atoms with E-state index in [9.17, 15) is 4.79 Å². The molecule has 0 saturated carbocycles. The zero-order valence-electron chi connectivity index (χ0n) is 16.6. The Morgan fingerprint density at radius 2 is 1.96 bits per heavy atom. The van der Waals surface area contributed by atoms with Crippen LogP contribution in [-0.2, 0) is 6.42 Å². The van der Waals surface area contributed by atoms with Crippen LogP contribution < -0.4 is 10.2 Å². The highest BCUT2D eigenvalue weighted by Crippen LogP contribution is 2.14. The fraction of sp³-hybridized carbons (Fsp3) is 0.500. The second-order valence-electron chi connectivity index (χ2n) is 7.31. The molecule has 27 heavy (non-hydrogen) atoms. The summed E-state index contributed by atoms with van der Waals surface area (Å²) in [5, 5.41) is 3.04. The van der Waals surface area contributed by atoms with Crippen molar-refractivity contribution in [3.8, 4) is 0 Å². The smallest absolute Gasteiger partial charge is 0.254 e. The van der Waals surface area contributed by atoms with E-state index in [1.54, 1.807) is 12.4 Å². The summed E-state index contributed by atoms with van der Waals surface area (Å²) in [7, 11) is 2.12. The van der Waals surface area contributed by atoms with E-state index in [4.69, 9.17) is 0 Å². The Morgan fingerprint density at radius 1 is 1.22 bits per heavy atom. The van der Waals surface area contributed by atoms with E-state index < -0.39 is 0 Å². The molecule has 0 radical (unpaired) electrons. The average Bonchev–Trinajstić information content (AvgIpc) is 2.64. The lowest BCUT2D eigenvalue weighted by Gasteiger charge is -2.32. The Kier molecular flexibility index (Phi) is 6.01. The van der Waals surface area contributed by atoms with E-state index in [-0.39, 0.29) is 11.9 Å². The van der Waals surface area contributed by atoms with E-state index in [2.05, 4.69) is 37.1 Å². The molecule has 0 spiro atoms. The van der Waals surface area contributed by atoms with Crippen LogP contribution in [0.2, 0.25) is 0 Å². The Morgan fingerprint density at radius 3 is 2.63 bits per heavy atom. The van der Waals surface area contributed by atoms with Gasteiger partial charge in [-0.25, -0.2) is 9.97 Å². The first-order valence-electron chi connectivity index (χ1n) is 9.42. The molecule has 3 rings (SSSR count). The first kappa shape index (κ1) is 19.2. The van der Waals surface area contributed by atoms with Gasteiger partial charge in [0.1, 0.15) is 0 Å². The van der Waals surface area contributed by atoms with Gasteiger partial charge in [0.15, 0.2) is 0 Å². The molecular weight excluding hydrogens is 340 g/mol. The third-order valence-electron chi connectivity index (χ3n) is 4.99. The summed E-state index contributed by atoms with van der Waals surface area (Å²) in [6.45, 7) is 9.69. The number of piperazine rings is 1. The third-order valence-corrected chi connectivity index (χ3v) is 4.99. The van der Waals surface area contributed by atoms with Crippen molar-refractivity contribution in [3.05, 3.63) is 47.0 Å². The van der Waals surface area contributed by atoms with Crippen LogP contribution in [0.25, 0.3) is 0 Å². The molecule has 1 N–H and O–H groups in total. The molecular formula is C20H28N6O. The number of carbonyl (C=O) groups excluding carboxylic acids is 1. The molecule has 1 aliphatic heterocycles. The second-order valence-corrected chi connectivity index (χ2v) is 7.31. The van der Waals surface area contributed by atoms with Gasteiger partial charge in [-0.15, -0.1) is 0 Å². The monoisotopic (exact) mass is 368 g/mol. The maximum atomic E-state index is 12.6. The fourth-order valence-electron chi connectivity index (χ4n) is 3.21. The van der Waals surface area contributed by atoms with E-state index in [0.717, 1.165) is 37.4 Å². The highest BCUT2D eigenvalue weighted by Gasteiger charge is 2.19. The molecule has 2 aromatic heterocycles. The normalized spacial score (nSPS) is 16.2. The molecule has 3 heterocycles. The molecule has 1 saturated heterocycles. The molecule has 1 amide bonds. The number of nitrogens with one attached hydrogen (secondary N) is 1. The number of hydrogen-bond donors (Lipinski definition) is 1. The maximum Gasteiger partial charge on any atom is 0.254 e. The molecule has 7 nitrogen and oxygen atoms in total. The van der Waals surface area contributed by atoms with Crippen LogP contribution in [0.1, 0.15) is 34.2 Å². The number of hydrogen-bond acceptors (Lipinski definition) is 6. The number of pyridine rings is 1. The van der Waals surface area contributed by atoms with Gasteiger partial charge in [0, 0.05) is 56.7 Å². The predicted octanol–water partition coefficient (Wildman–Crippen LogP) is 1.60. The van der Waals surface area contributed by atoms with Gasteiger partial charge in [0.2, 0.25) is 5.95 Å². The molecule has 0 aliphatic carbocycles. The summed E-state index contributed by atoms with van der Waals surface area (Å²) in [6, 6.07) is 3.93. The average molecular weight is 368 g/mol. The molecule has 7 heteroatoms. The first-order chi connectivity index (χ1) is 12.9. The summed E-state index contributed by atoms with van der Waals surface area (Å²) in [5.41, 5.74) is 3.37. The van der Waals surface area contributed by atoms with Crippen molar-refractivity contribution in [2.24, 2.45) is 0 Å². The summed E-state index contributed by atoms with van der Waals surface area (Å²) >= 11 is 0. The minimum atomic E-state index is -0.140. The van der Waals surface area contributed by atoms with Crippen molar-refractivity contribution >= 4 is 11.9 Å². The molecule has 1 fully saturated rings. The number of nitrogens with zero attached hydrogens (tertiary/aromatic N) is 5. The predicted molar refractivity (Wildman–Crippen MR) is 106 cm³/mol. The molecule has 2 aromatic rings. The van der Waals surface area contributed by atoms with Crippen LogP contribution in [0, 0.1) is 13.8 Å². The standard InChI is InChI=1S/C20H28N6O/c1-14-6-5-7-21-18(14)12-15(2)23-19(27)17-13-22-20(24-16(17)3)26-10-8-25(4)9-11-26/h5-7,13,15H,8-12H2,1-4H3,(H,23,27)/t15-/m1/s1. The van der Waals surface area contributed by atoms with Crippen LogP contribution in [0.4, 0.5) is 5.95 Å². The van der Waals surface area contributed by atoms with Gasteiger partial charge in [0.05, 0.1) is 11.3 Å². The van der Waals surface area contributed by atoms with E-state index in [0.29, 0.717) is 23.6 Å². The van der Waals surface area contributed by atoms with Crippen LogP contribution in [0.15, 0.2) is 24.5 Å². The Balaban J connectivity index is 1.63. The number of likely N-dealkylation sites (N-methyl/N-ethyl adjacent to an activating group) is 1. The highest BCUT2D eigenvalue weighted by atomic mass is 16.1. The Bertz CT molecular complexity index is 801. The lowest BCUT2D eigenvalue weighted by molar-refractivity contribution is 0.0938. The summed E-state index contributed by atoms with van der Waals surface area (Å²) in [6.07, 6.45) is 4.12. The summed E-state index contributed by atoms with van der Waals surface area (Å²) < 4.78 is 0. The third kappa shape index (κ3) is 4.80. The molecule has 144 valence electrons. The maximum absolute atomic E-state index is 12.6.